The summed E-state index contributed by atoms with van der Waals surface area (Å²) in [6.45, 7) is 5.86. The lowest BCUT2D eigenvalue weighted by Gasteiger charge is -2.22. The molecule has 1 fully saturated rings. The van der Waals surface area contributed by atoms with Crippen LogP contribution in [-0.2, 0) is 23.2 Å². The Labute approximate surface area is 170 Å². The number of benzene rings is 1. The second-order valence-corrected chi connectivity index (χ2v) is 10.7. The number of hydrogen-bond donors (Lipinski definition) is 1. The average molecular weight is 406 g/mol. The van der Waals surface area contributed by atoms with E-state index in [9.17, 15) is 8.42 Å². The lowest BCUT2D eigenvalue weighted by Crippen LogP contribution is -2.36. The second-order valence-electron chi connectivity index (χ2n) is 8.74. The van der Waals surface area contributed by atoms with E-state index in [1.807, 2.05) is 0 Å². The first-order valence-electron chi connectivity index (χ1n) is 10.6. The van der Waals surface area contributed by atoms with E-state index in [2.05, 4.69) is 47.5 Å². The van der Waals surface area contributed by atoms with Crippen molar-refractivity contribution in [1.29, 1.82) is 0 Å². The fraction of sp³-hybridized carbons (Fsp3) is 0.636. The monoisotopic (exact) mass is 405 g/mol. The number of nitrogens with one attached hydrogen (secondary N) is 1. The normalized spacial score (nSPS) is 16.5. The first-order chi connectivity index (χ1) is 13.3. The summed E-state index contributed by atoms with van der Waals surface area (Å²) in [7, 11) is -0.288. The Morgan fingerprint density at radius 3 is 2.54 bits per heavy atom. The smallest absolute Gasteiger partial charge is 0.278 e. The van der Waals surface area contributed by atoms with Crippen molar-refractivity contribution < 1.29 is 8.42 Å². The van der Waals surface area contributed by atoms with Crippen LogP contribution in [0.3, 0.4) is 0 Å². The van der Waals surface area contributed by atoms with E-state index in [0.717, 1.165) is 6.54 Å². The third-order valence-corrected chi connectivity index (χ3v) is 7.32. The van der Waals surface area contributed by atoms with Gasteiger partial charge in [0.2, 0.25) is 0 Å². The summed E-state index contributed by atoms with van der Waals surface area (Å²) in [5, 5.41) is 1.25. The SMILES string of the molecule is CC(C)Cn1cc(CCNS(=O)(=O)N(C)C)c2ccc(C3CCCCC3)cc21. The van der Waals surface area contributed by atoms with Crippen molar-refractivity contribution in [1.82, 2.24) is 13.6 Å². The summed E-state index contributed by atoms with van der Waals surface area (Å²) in [5.41, 5.74) is 3.98. The van der Waals surface area contributed by atoms with E-state index in [4.69, 9.17) is 0 Å². The lowest BCUT2D eigenvalue weighted by molar-refractivity contribution is 0.443. The van der Waals surface area contributed by atoms with Crippen molar-refractivity contribution >= 4 is 21.1 Å². The third kappa shape index (κ3) is 4.97. The minimum atomic E-state index is -3.38. The summed E-state index contributed by atoms with van der Waals surface area (Å²) in [6, 6.07) is 6.94. The standard InChI is InChI=1S/C22H35N3O2S/c1-17(2)15-25-16-20(12-13-23-28(26,27)24(3)4)21-11-10-19(14-22(21)25)18-8-6-5-7-9-18/h10-11,14,16-18,23H,5-9,12-13,15H2,1-4H3. The van der Waals surface area contributed by atoms with Gasteiger partial charge in [-0.3, -0.25) is 0 Å². The highest BCUT2D eigenvalue weighted by molar-refractivity contribution is 7.87. The van der Waals surface area contributed by atoms with Crippen molar-refractivity contribution in [2.45, 2.75) is 64.8 Å². The molecule has 0 amide bonds. The number of fused-ring (bicyclic) bond motifs is 1. The van der Waals surface area contributed by atoms with Crippen molar-refractivity contribution in [3.63, 3.8) is 0 Å². The number of nitrogens with zero attached hydrogens (tertiary/aromatic N) is 2. The van der Waals surface area contributed by atoms with Gasteiger partial charge in [-0.2, -0.15) is 12.7 Å². The van der Waals surface area contributed by atoms with Crippen molar-refractivity contribution in [2.24, 2.45) is 5.92 Å². The van der Waals surface area contributed by atoms with Gasteiger partial charge in [0.15, 0.2) is 0 Å². The first-order valence-corrected chi connectivity index (χ1v) is 12.0. The van der Waals surface area contributed by atoms with Crippen molar-refractivity contribution in [2.75, 3.05) is 20.6 Å². The zero-order valence-corrected chi connectivity index (χ0v) is 18.6. The molecule has 3 rings (SSSR count). The van der Waals surface area contributed by atoms with Gasteiger partial charge in [0, 0.05) is 44.3 Å². The largest absolute Gasteiger partial charge is 0.347 e. The molecule has 6 heteroatoms. The van der Waals surface area contributed by atoms with Gasteiger partial charge in [-0.25, -0.2) is 4.72 Å². The van der Waals surface area contributed by atoms with Gasteiger partial charge in [0.05, 0.1) is 0 Å². The van der Waals surface area contributed by atoms with E-state index < -0.39 is 10.2 Å². The molecule has 0 unspecified atom stereocenters. The number of aromatic nitrogens is 1. The highest BCUT2D eigenvalue weighted by atomic mass is 32.2. The quantitative estimate of drug-likeness (QED) is 0.712. The van der Waals surface area contributed by atoms with Gasteiger partial charge in [-0.1, -0.05) is 45.2 Å². The van der Waals surface area contributed by atoms with Gasteiger partial charge in [0.1, 0.15) is 0 Å². The van der Waals surface area contributed by atoms with Crippen LogP contribution >= 0.6 is 0 Å². The molecule has 0 atom stereocenters. The predicted octanol–water partition coefficient (Wildman–Crippen LogP) is 4.28. The lowest BCUT2D eigenvalue weighted by atomic mass is 9.84. The molecule has 0 saturated heterocycles. The number of hydrogen-bond acceptors (Lipinski definition) is 2. The predicted molar refractivity (Wildman–Crippen MR) is 117 cm³/mol. The van der Waals surface area contributed by atoms with Gasteiger partial charge in [-0.05, 0) is 48.3 Å². The molecule has 1 aromatic carbocycles. The molecule has 1 N–H and O–H groups in total. The van der Waals surface area contributed by atoms with Crippen LogP contribution in [0.15, 0.2) is 24.4 Å². The van der Waals surface area contributed by atoms with Crippen LogP contribution in [0.25, 0.3) is 10.9 Å². The summed E-state index contributed by atoms with van der Waals surface area (Å²) in [6.07, 6.45) is 9.57. The fourth-order valence-corrected chi connectivity index (χ4v) is 4.88. The Morgan fingerprint density at radius 2 is 1.89 bits per heavy atom. The van der Waals surface area contributed by atoms with Gasteiger partial charge >= 0.3 is 0 Å². The van der Waals surface area contributed by atoms with Crippen LogP contribution in [0.2, 0.25) is 0 Å². The summed E-state index contributed by atoms with van der Waals surface area (Å²) >= 11 is 0. The summed E-state index contributed by atoms with van der Waals surface area (Å²) < 4.78 is 30.2. The first kappa shape index (κ1) is 21.3. The van der Waals surface area contributed by atoms with Crippen LogP contribution in [0.5, 0.6) is 0 Å². The van der Waals surface area contributed by atoms with E-state index >= 15 is 0 Å². The average Bonchev–Trinajstić information content (AvgIpc) is 2.98. The Kier molecular flexibility index (Phi) is 6.84. The third-order valence-electron chi connectivity index (χ3n) is 5.79. The maximum Gasteiger partial charge on any atom is 0.278 e. The van der Waals surface area contributed by atoms with Crippen molar-refractivity contribution in [3.8, 4) is 0 Å². The maximum absolute atomic E-state index is 12.0. The van der Waals surface area contributed by atoms with Gasteiger partial charge in [0.25, 0.3) is 10.2 Å². The Bertz CT molecular complexity index is 894. The molecular formula is C22H35N3O2S. The summed E-state index contributed by atoms with van der Waals surface area (Å²) in [4.78, 5) is 0. The highest BCUT2D eigenvalue weighted by Crippen LogP contribution is 2.35. The van der Waals surface area contributed by atoms with E-state index in [-0.39, 0.29) is 0 Å². The minimum Gasteiger partial charge on any atom is -0.347 e. The molecule has 1 saturated carbocycles. The van der Waals surface area contributed by atoms with Crippen LogP contribution in [0, 0.1) is 5.92 Å². The minimum absolute atomic E-state index is 0.408. The van der Waals surface area contributed by atoms with E-state index in [0.29, 0.717) is 24.8 Å². The topological polar surface area (TPSA) is 54.3 Å². The fourth-order valence-electron chi connectivity index (χ4n) is 4.26. The zero-order valence-electron chi connectivity index (χ0n) is 17.7. The summed E-state index contributed by atoms with van der Waals surface area (Å²) in [5.74, 6) is 1.25. The molecule has 1 aromatic heterocycles. The molecular weight excluding hydrogens is 370 g/mol. The van der Waals surface area contributed by atoms with Crippen LogP contribution in [0.1, 0.15) is 63.0 Å². The van der Waals surface area contributed by atoms with Gasteiger partial charge in [-0.15, -0.1) is 0 Å². The molecule has 0 aliphatic heterocycles. The molecule has 28 heavy (non-hydrogen) atoms. The number of rotatable bonds is 8. The van der Waals surface area contributed by atoms with Crippen LogP contribution in [0.4, 0.5) is 0 Å². The maximum atomic E-state index is 12.0. The van der Waals surface area contributed by atoms with Crippen molar-refractivity contribution in [3.05, 3.63) is 35.5 Å². The molecule has 0 radical (unpaired) electrons. The molecule has 0 spiro atoms. The van der Waals surface area contributed by atoms with Crippen LogP contribution in [-0.4, -0.2) is 37.9 Å². The molecule has 1 aliphatic rings. The molecule has 1 aliphatic carbocycles. The van der Waals surface area contributed by atoms with E-state index in [1.165, 1.54) is 58.4 Å². The van der Waals surface area contributed by atoms with Gasteiger partial charge < -0.3 is 4.57 Å². The molecule has 2 aromatic rings. The Balaban J connectivity index is 1.86. The van der Waals surface area contributed by atoms with Crippen LogP contribution < -0.4 is 4.72 Å². The molecule has 5 nitrogen and oxygen atoms in total. The molecule has 156 valence electrons. The Hall–Kier alpha value is -1.37. The van der Waals surface area contributed by atoms with E-state index in [1.54, 1.807) is 14.1 Å². The Morgan fingerprint density at radius 1 is 1.18 bits per heavy atom. The molecule has 1 heterocycles. The second kappa shape index (κ2) is 8.97. The highest BCUT2D eigenvalue weighted by Gasteiger charge is 2.18. The zero-order chi connectivity index (χ0) is 20.3. The molecule has 0 bridgehead atoms.